The highest BCUT2D eigenvalue weighted by Crippen LogP contribution is 2.17. The molecule has 0 saturated heterocycles. The van der Waals surface area contributed by atoms with E-state index in [0.29, 0.717) is 0 Å². The second-order valence-electron chi connectivity index (χ2n) is 4.26. The monoisotopic (exact) mass is 254 g/mol. The van der Waals surface area contributed by atoms with Gasteiger partial charge >= 0.3 is 5.97 Å². The molecule has 0 aliphatic rings. The zero-order valence-corrected chi connectivity index (χ0v) is 10.1. The Labute approximate surface area is 104 Å². The molecular weight excluding hydrogens is 239 g/mol. The van der Waals surface area contributed by atoms with Gasteiger partial charge in [0.15, 0.2) is 0 Å². The number of nitrogens with two attached hydrogens (primary N) is 1. The van der Waals surface area contributed by atoms with Gasteiger partial charge in [-0.05, 0) is 24.1 Å². The molecule has 0 aliphatic carbocycles. The SMILES string of the molecule is CC(C)C(N)C(=O)Nc1cc(C(=O)O)ccc1F. The quantitative estimate of drug-likeness (QED) is 0.758. The summed E-state index contributed by atoms with van der Waals surface area (Å²) >= 11 is 0. The fourth-order valence-electron chi connectivity index (χ4n) is 1.27. The van der Waals surface area contributed by atoms with Crippen LogP contribution >= 0.6 is 0 Å². The van der Waals surface area contributed by atoms with Gasteiger partial charge in [0, 0.05) is 0 Å². The van der Waals surface area contributed by atoms with Gasteiger partial charge < -0.3 is 16.2 Å². The molecule has 1 amide bonds. The molecule has 0 heterocycles. The minimum Gasteiger partial charge on any atom is -0.478 e. The van der Waals surface area contributed by atoms with Crippen molar-refractivity contribution >= 4 is 17.6 Å². The first-order valence-corrected chi connectivity index (χ1v) is 5.42. The van der Waals surface area contributed by atoms with E-state index >= 15 is 0 Å². The van der Waals surface area contributed by atoms with Gasteiger partial charge in [0.1, 0.15) is 5.82 Å². The maximum absolute atomic E-state index is 13.4. The average Bonchev–Trinajstić information content (AvgIpc) is 2.30. The van der Waals surface area contributed by atoms with Crippen molar-refractivity contribution in [1.82, 2.24) is 0 Å². The van der Waals surface area contributed by atoms with E-state index < -0.39 is 23.7 Å². The van der Waals surface area contributed by atoms with Crippen LogP contribution in [-0.4, -0.2) is 23.0 Å². The van der Waals surface area contributed by atoms with Crippen LogP contribution < -0.4 is 11.1 Å². The number of benzene rings is 1. The van der Waals surface area contributed by atoms with Gasteiger partial charge in [-0.3, -0.25) is 4.79 Å². The van der Waals surface area contributed by atoms with E-state index in [1.54, 1.807) is 13.8 Å². The van der Waals surface area contributed by atoms with Crippen LogP contribution in [0.3, 0.4) is 0 Å². The third-order valence-electron chi connectivity index (χ3n) is 2.49. The number of anilines is 1. The Balaban J connectivity index is 2.93. The summed E-state index contributed by atoms with van der Waals surface area (Å²) in [4.78, 5) is 22.4. The lowest BCUT2D eigenvalue weighted by Gasteiger charge is -2.15. The third kappa shape index (κ3) is 3.27. The zero-order valence-electron chi connectivity index (χ0n) is 10.1. The molecule has 98 valence electrons. The maximum atomic E-state index is 13.4. The number of amides is 1. The summed E-state index contributed by atoms with van der Waals surface area (Å²) in [5, 5.41) is 11.1. The molecule has 0 radical (unpaired) electrons. The summed E-state index contributed by atoms with van der Waals surface area (Å²) in [6.45, 7) is 3.52. The van der Waals surface area contributed by atoms with Crippen molar-refractivity contribution in [1.29, 1.82) is 0 Å². The van der Waals surface area contributed by atoms with Crippen LogP contribution in [0.2, 0.25) is 0 Å². The number of carboxylic acids is 1. The molecule has 0 aromatic heterocycles. The summed E-state index contributed by atoms with van der Waals surface area (Å²) in [6.07, 6.45) is 0. The molecule has 4 N–H and O–H groups in total. The first-order chi connectivity index (χ1) is 8.32. The molecule has 18 heavy (non-hydrogen) atoms. The summed E-state index contributed by atoms with van der Waals surface area (Å²) in [5.74, 6) is -2.55. The van der Waals surface area contributed by atoms with Gasteiger partial charge in [-0.1, -0.05) is 13.8 Å². The average molecular weight is 254 g/mol. The Hall–Kier alpha value is -1.95. The Morgan fingerprint density at radius 1 is 1.39 bits per heavy atom. The molecule has 1 aromatic rings. The molecule has 0 spiro atoms. The van der Waals surface area contributed by atoms with Crippen LogP contribution in [0.4, 0.5) is 10.1 Å². The highest BCUT2D eigenvalue weighted by Gasteiger charge is 2.19. The lowest BCUT2D eigenvalue weighted by atomic mass is 10.0. The highest BCUT2D eigenvalue weighted by molar-refractivity contribution is 5.96. The van der Waals surface area contributed by atoms with E-state index in [1.807, 2.05) is 0 Å². The molecule has 0 bridgehead atoms. The topological polar surface area (TPSA) is 92.4 Å². The molecule has 1 aromatic carbocycles. The van der Waals surface area contributed by atoms with Crippen molar-refractivity contribution in [2.75, 3.05) is 5.32 Å². The molecule has 0 aliphatic heterocycles. The fraction of sp³-hybridized carbons (Fsp3) is 0.333. The van der Waals surface area contributed by atoms with Crippen molar-refractivity contribution < 1.29 is 19.1 Å². The molecular formula is C12H15FN2O3. The van der Waals surface area contributed by atoms with Crippen LogP contribution in [0.25, 0.3) is 0 Å². The van der Waals surface area contributed by atoms with Crippen LogP contribution in [0.5, 0.6) is 0 Å². The van der Waals surface area contributed by atoms with Gasteiger partial charge in [-0.25, -0.2) is 9.18 Å². The van der Waals surface area contributed by atoms with Gasteiger partial charge in [-0.2, -0.15) is 0 Å². The van der Waals surface area contributed by atoms with Crippen molar-refractivity contribution in [3.05, 3.63) is 29.6 Å². The number of rotatable bonds is 4. The van der Waals surface area contributed by atoms with Gasteiger partial charge in [0.2, 0.25) is 5.91 Å². The molecule has 1 atom stereocenters. The van der Waals surface area contributed by atoms with Crippen LogP contribution in [0.15, 0.2) is 18.2 Å². The molecule has 6 heteroatoms. The number of carbonyl (C=O) groups is 2. The number of nitrogens with one attached hydrogen (secondary N) is 1. The van der Waals surface area contributed by atoms with E-state index in [2.05, 4.69) is 5.32 Å². The van der Waals surface area contributed by atoms with Crippen LogP contribution in [0.1, 0.15) is 24.2 Å². The van der Waals surface area contributed by atoms with Crippen molar-refractivity contribution in [3.8, 4) is 0 Å². The molecule has 1 rings (SSSR count). The van der Waals surface area contributed by atoms with E-state index in [9.17, 15) is 14.0 Å². The largest absolute Gasteiger partial charge is 0.478 e. The predicted octanol–water partition coefficient (Wildman–Crippen LogP) is 1.45. The Morgan fingerprint density at radius 2 is 2.00 bits per heavy atom. The number of hydrogen-bond donors (Lipinski definition) is 3. The Bertz CT molecular complexity index is 474. The lowest BCUT2D eigenvalue weighted by Crippen LogP contribution is -2.39. The second-order valence-corrected chi connectivity index (χ2v) is 4.26. The molecule has 0 saturated carbocycles. The maximum Gasteiger partial charge on any atom is 0.335 e. The van der Waals surface area contributed by atoms with Crippen LogP contribution in [-0.2, 0) is 4.79 Å². The molecule has 1 unspecified atom stereocenters. The molecule has 5 nitrogen and oxygen atoms in total. The standard InChI is InChI=1S/C12H15FN2O3/c1-6(2)10(14)11(16)15-9-5-7(12(17)18)3-4-8(9)13/h3-6,10H,14H2,1-2H3,(H,15,16)(H,17,18). The highest BCUT2D eigenvalue weighted by atomic mass is 19.1. The van der Waals surface area contributed by atoms with Crippen molar-refractivity contribution in [3.63, 3.8) is 0 Å². The van der Waals surface area contributed by atoms with Gasteiger partial charge in [-0.15, -0.1) is 0 Å². The second kappa shape index (κ2) is 5.59. The van der Waals surface area contributed by atoms with Crippen molar-refractivity contribution in [2.24, 2.45) is 11.7 Å². The summed E-state index contributed by atoms with van der Waals surface area (Å²) in [5.41, 5.74) is 5.31. The van der Waals surface area contributed by atoms with E-state index in [0.717, 1.165) is 18.2 Å². The van der Waals surface area contributed by atoms with E-state index in [1.165, 1.54) is 0 Å². The first-order valence-electron chi connectivity index (χ1n) is 5.42. The Morgan fingerprint density at radius 3 is 2.50 bits per heavy atom. The summed E-state index contributed by atoms with van der Waals surface area (Å²) in [7, 11) is 0. The van der Waals surface area contributed by atoms with Crippen LogP contribution in [0, 0.1) is 11.7 Å². The summed E-state index contributed by atoms with van der Waals surface area (Å²) in [6, 6.07) is 2.39. The number of carbonyl (C=O) groups excluding carboxylic acids is 1. The minimum absolute atomic E-state index is 0.101. The number of aromatic carboxylic acids is 1. The number of hydrogen-bond acceptors (Lipinski definition) is 3. The number of halogens is 1. The minimum atomic E-state index is -1.20. The zero-order chi connectivity index (χ0) is 13.9. The summed E-state index contributed by atoms with van der Waals surface area (Å²) < 4.78 is 13.4. The van der Waals surface area contributed by atoms with Gasteiger partial charge in [0.25, 0.3) is 0 Å². The Kier molecular flexibility index (Phi) is 4.38. The van der Waals surface area contributed by atoms with Crippen molar-refractivity contribution in [2.45, 2.75) is 19.9 Å². The first kappa shape index (κ1) is 14.1. The smallest absolute Gasteiger partial charge is 0.335 e. The van der Waals surface area contributed by atoms with E-state index in [-0.39, 0.29) is 17.2 Å². The van der Waals surface area contributed by atoms with E-state index in [4.69, 9.17) is 10.8 Å². The lowest BCUT2D eigenvalue weighted by molar-refractivity contribution is -0.118. The molecule has 0 fully saturated rings. The fourth-order valence-corrected chi connectivity index (χ4v) is 1.27. The predicted molar refractivity (Wildman–Crippen MR) is 64.8 cm³/mol. The normalized spacial score (nSPS) is 12.3. The van der Waals surface area contributed by atoms with Gasteiger partial charge in [0.05, 0.1) is 17.3 Å². The third-order valence-corrected chi connectivity index (χ3v) is 2.49. The number of carboxylic acid groups (broad SMARTS) is 1.